The maximum absolute atomic E-state index is 13.6. The molecule has 1 heterocycles. The van der Waals surface area contributed by atoms with E-state index in [4.69, 9.17) is 4.74 Å². The van der Waals surface area contributed by atoms with Crippen LogP contribution in [-0.4, -0.2) is 53.4 Å². The first kappa shape index (κ1) is 25.2. The number of hydrogen-bond donors (Lipinski definition) is 0. The lowest BCUT2D eigenvalue weighted by Gasteiger charge is -2.40. The van der Waals surface area contributed by atoms with Crippen LogP contribution in [-0.2, 0) is 0 Å². The van der Waals surface area contributed by atoms with Gasteiger partial charge in [-0.2, -0.15) is 0 Å². The van der Waals surface area contributed by atoms with E-state index in [-0.39, 0.29) is 29.8 Å². The normalized spacial score (nSPS) is 21.9. The molecule has 0 unspecified atom stereocenters. The number of benzene rings is 2. The molecule has 0 N–H and O–H groups in total. The van der Waals surface area contributed by atoms with Crippen molar-refractivity contribution in [3.05, 3.63) is 65.5 Å². The van der Waals surface area contributed by atoms with Crippen LogP contribution in [0.5, 0.6) is 5.75 Å². The topological polar surface area (TPSA) is 49.9 Å². The van der Waals surface area contributed by atoms with Crippen LogP contribution in [0.15, 0.2) is 48.5 Å². The van der Waals surface area contributed by atoms with Crippen LogP contribution < -0.4 is 4.74 Å². The van der Waals surface area contributed by atoms with Gasteiger partial charge in [-0.25, -0.2) is 4.39 Å². The number of amides is 2. The molecule has 1 saturated carbocycles. The van der Waals surface area contributed by atoms with Gasteiger partial charge in [0, 0.05) is 25.2 Å². The number of fused-ring (bicyclic) bond motifs is 2. The van der Waals surface area contributed by atoms with Crippen molar-refractivity contribution in [2.24, 2.45) is 0 Å². The maximum atomic E-state index is 13.6. The number of nitrogens with zero attached hydrogens (tertiary/aromatic N) is 2. The average Bonchev–Trinajstić information content (AvgIpc) is 2.88. The summed E-state index contributed by atoms with van der Waals surface area (Å²) in [5.74, 6) is 0.198. The zero-order valence-electron chi connectivity index (χ0n) is 20.8. The molecule has 2 aliphatic rings. The van der Waals surface area contributed by atoms with Gasteiger partial charge in [0.15, 0.2) is 0 Å². The van der Waals surface area contributed by atoms with Crippen LogP contribution in [0.4, 0.5) is 4.39 Å². The Bertz CT molecular complexity index is 994. The third kappa shape index (κ3) is 6.22. The summed E-state index contributed by atoms with van der Waals surface area (Å²) in [6.45, 7) is 4.21. The Hall–Kier alpha value is -2.89. The fraction of sp³-hybridized carbons (Fsp3) is 0.517. The number of ether oxygens (including phenoxy) is 1. The number of carbonyl (C=O) groups is 2. The molecule has 2 atom stereocenters. The van der Waals surface area contributed by atoms with Crippen LogP contribution in [0, 0.1) is 5.82 Å². The van der Waals surface area contributed by atoms with Gasteiger partial charge in [0.05, 0.1) is 11.6 Å². The molecule has 6 heteroatoms. The van der Waals surface area contributed by atoms with E-state index < -0.39 is 0 Å². The van der Waals surface area contributed by atoms with E-state index in [1.807, 2.05) is 34.1 Å². The highest BCUT2D eigenvalue weighted by molar-refractivity contribution is 5.97. The summed E-state index contributed by atoms with van der Waals surface area (Å²) in [4.78, 5) is 31.0. The zero-order chi connectivity index (χ0) is 24.6. The monoisotopic (exact) mass is 480 g/mol. The highest BCUT2D eigenvalue weighted by Crippen LogP contribution is 2.31. The Labute approximate surface area is 208 Å². The lowest BCUT2D eigenvalue weighted by atomic mass is 9.90. The van der Waals surface area contributed by atoms with Crippen molar-refractivity contribution < 1.29 is 18.7 Å². The van der Waals surface area contributed by atoms with Crippen LogP contribution in [0.3, 0.4) is 0 Å². The second kappa shape index (κ2) is 12.2. The minimum atomic E-state index is -0.347. The van der Waals surface area contributed by atoms with Gasteiger partial charge in [-0.1, -0.05) is 38.3 Å². The molecule has 0 radical (unpaired) electrons. The lowest BCUT2D eigenvalue weighted by molar-refractivity contribution is 0.0266. The molecular formula is C29H37FN2O3. The van der Waals surface area contributed by atoms with E-state index in [0.29, 0.717) is 23.4 Å². The molecule has 2 aromatic carbocycles. The molecule has 4 rings (SSSR count). The van der Waals surface area contributed by atoms with Gasteiger partial charge in [-0.15, -0.1) is 0 Å². The SMILES string of the molecule is CCCN1CCCCCCN(C(=O)c2ccc(F)cc2)[C@@H]2CCCC[C@@H]2Oc2ccccc2C1=O. The van der Waals surface area contributed by atoms with E-state index in [1.54, 1.807) is 12.1 Å². The summed E-state index contributed by atoms with van der Waals surface area (Å²) in [5.41, 5.74) is 1.10. The van der Waals surface area contributed by atoms with Gasteiger partial charge in [0.1, 0.15) is 17.7 Å². The zero-order valence-corrected chi connectivity index (χ0v) is 20.8. The first-order chi connectivity index (χ1) is 17.1. The van der Waals surface area contributed by atoms with Crippen molar-refractivity contribution in [1.82, 2.24) is 9.80 Å². The van der Waals surface area contributed by atoms with Crippen molar-refractivity contribution in [2.75, 3.05) is 19.6 Å². The number of rotatable bonds is 3. The fourth-order valence-corrected chi connectivity index (χ4v) is 5.35. The molecule has 5 nitrogen and oxygen atoms in total. The van der Waals surface area contributed by atoms with Crippen molar-refractivity contribution in [1.29, 1.82) is 0 Å². The average molecular weight is 481 g/mol. The molecule has 0 saturated heterocycles. The van der Waals surface area contributed by atoms with Crippen molar-refractivity contribution in [2.45, 2.75) is 76.9 Å². The Morgan fingerprint density at radius 1 is 0.943 bits per heavy atom. The summed E-state index contributed by atoms with van der Waals surface area (Å²) in [6.07, 6.45) is 8.31. The molecule has 188 valence electrons. The predicted octanol–water partition coefficient (Wildman–Crippen LogP) is 6.08. The van der Waals surface area contributed by atoms with Crippen molar-refractivity contribution in [3.8, 4) is 5.75 Å². The minimum absolute atomic E-state index is 0.0195. The standard InChI is InChI=1S/C29H37FN2O3/c1-2-19-31-20-9-3-4-10-21-32(28(33)22-15-17-23(30)18-16-22)25-12-6-8-14-27(25)35-26-13-7-5-11-24(26)29(31)34/h5,7,11,13,15-18,25,27H,2-4,6,8-10,12,14,19-21H2,1H3/t25-,27+/m1/s1. The first-order valence-corrected chi connectivity index (χ1v) is 13.2. The second-order valence-electron chi connectivity index (χ2n) is 9.72. The van der Waals surface area contributed by atoms with E-state index in [2.05, 4.69) is 6.92 Å². The largest absolute Gasteiger partial charge is 0.487 e. The van der Waals surface area contributed by atoms with E-state index in [0.717, 1.165) is 70.9 Å². The summed E-state index contributed by atoms with van der Waals surface area (Å²) < 4.78 is 20.1. The van der Waals surface area contributed by atoms with Gasteiger partial charge in [-0.05, 0) is 74.9 Å². The molecule has 35 heavy (non-hydrogen) atoms. The minimum Gasteiger partial charge on any atom is -0.487 e. The molecule has 1 aliphatic heterocycles. The third-order valence-electron chi connectivity index (χ3n) is 7.17. The van der Waals surface area contributed by atoms with Crippen LogP contribution >= 0.6 is 0 Å². The number of halogens is 1. The molecule has 2 aromatic rings. The lowest BCUT2D eigenvalue weighted by Crippen LogP contribution is -2.51. The van der Waals surface area contributed by atoms with E-state index in [1.165, 1.54) is 12.1 Å². The van der Waals surface area contributed by atoms with Crippen LogP contribution in [0.2, 0.25) is 0 Å². The van der Waals surface area contributed by atoms with Crippen LogP contribution in [0.25, 0.3) is 0 Å². The van der Waals surface area contributed by atoms with Gasteiger partial charge < -0.3 is 14.5 Å². The Morgan fingerprint density at radius 2 is 1.66 bits per heavy atom. The van der Waals surface area contributed by atoms with Gasteiger partial charge >= 0.3 is 0 Å². The van der Waals surface area contributed by atoms with E-state index >= 15 is 0 Å². The molecule has 0 bridgehead atoms. The smallest absolute Gasteiger partial charge is 0.257 e. The summed E-state index contributed by atoms with van der Waals surface area (Å²) >= 11 is 0. The van der Waals surface area contributed by atoms with Crippen LogP contribution in [0.1, 0.15) is 85.4 Å². The summed E-state index contributed by atoms with van der Waals surface area (Å²) in [5, 5.41) is 0. The third-order valence-corrected chi connectivity index (χ3v) is 7.17. The molecule has 0 spiro atoms. The molecular weight excluding hydrogens is 443 g/mol. The fourth-order valence-electron chi connectivity index (χ4n) is 5.35. The van der Waals surface area contributed by atoms with Gasteiger partial charge in [0.2, 0.25) is 0 Å². The highest BCUT2D eigenvalue weighted by atomic mass is 19.1. The molecule has 0 aromatic heterocycles. The van der Waals surface area contributed by atoms with Crippen molar-refractivity contribution >= 4 is 11.8 Å². The van der Waals surface area contributed by atoms with Crippen molar-refractivity contribution in [3.63, 3.8) is 0 Å². The Kier molecular flexibility index (Phi) is 8.78. The quantitative estimate of drug-likeness (QED) is 0.535. The molecule has 1 aliphatic carbocycles. The Morgan fingerprint density at radius 3 is 2.43 bits per heavy atom. The predicted molar refractivity (Wildman–Crippen MR) is 135 cm³/mol. The Balaban J connectivity index is 1.66. The summed E-state index contributed by atoms with van der Waals surface area (Å²) in [7, 11) is 0. The van der Waals surface area contributed by atoms with E-state index in [9.17, 15) is 14.0 Å². The molecule has 2 amide bonds. The second-order valence-corrected chi connectivity index (χ2v) is 9.72. The molecule has 1 fully saturated rings. The van der Waals surface area contributed by atoms with Gasteiger partial charge in [-0.3, -0.25) is 9.59 Å². The number of hydrogen-bond acceptors (Lipinski definition) is 3. The highest BCUT2D eigenvalue weighted by Gasteiger charge is 2.35. The van der Waals surface area contributed by atoms with Gasteiger partial charge in [0.25, 0.3) is 11.8 Å². The maximum Gasteiger partial charge on any atom is 0.257 e. The first-order valence-electron chi connectivity index (χ1n) is 13.2. The number of carbonyl (C=O) groups excluding carboxylic acids is 2. The number of para-hydroxylation sites is 1. The summed E-state index contributed by atoms with van der Waals surface area (Å²) in [6, 6.07) is 13.3.